The van der Waals surface area contributed by atoms with Crippen molar-refractivity contribution < 1.29 is 24.5 Å². The molecule has 3 aromatic rings. The molecule has 3 N–H and O–H groups in total. The molecule has 0 saturated heterocycles. The third-order valence-corrected chi connectivity index (χ3v) is 5.36. The molecule has 1 aliphatic heterocycles. The maximum Gasteiger partial charge on any atom is 0.296 e. The van der Waals surface area contributed by atoms with Crippen molar-refractivity contribution in [2.45, 2.75) is 32.3 Å². The summed E-state index contributed by atoms with van der Waals surface area (Å²) in [5, 5.41) is 30.2. The van der Waals surface area contributed by atoms with Gasteiger partial charge in [-0.3, -0.25) is 9.59 Å². The first-order chi connectivity index (χ1) is 11.7. The van der Waals surface area contributed by atoms with E-state index in [-0.39, 0.29) is 34.1 Å². The molecule has 7 heteroatoms. The number of aliphatic hydroxyl groups is 1. The Morgan fingerprint density at radius 3 is 2.40 bits per heavy atom. The lowest BCUT2D eigenvalue weighted by Crippen LogP contribution is -2.39. The van der Waals surface area contributed by atoms with E-state index in [1.807, 2.05) is 0 Å². The third kappa shape index (κ3) is 1.68. The van der Waals surface area contributed by atoms with E-state index in [9.17, 15) is 24.9 Å². The maximum atomic E-state index is 13.1. The Labute approximate surface area is 141 Å². The summed E-state index contributed by atoms with van der Waals surface area (Å²) in [4.78, 5) is 25.4. The van der Waals surface area contributed by atoms with Crippen LogP contribution in [0.15, 0.2) is 20.1 Å². The Morgan fingerprint density at radius 1 is 1.12 bits per heavy atom. The van der Waals surface area contributed by atoms with Crippen LogP contribution in [0.5, 0.6) is 17.6 Å². The predicted molar refractivity (Wildman–Crippen MR) is 90.0 cm³/mol. The van der Waals surface area contributed by atoms with Crippen molar-refractivity contribution in [1.29, 1.82) is 0 Å². The number of aromatic hydroxyl groups is 2. The molecule has 25 heavy (non-hydrogen) atoms. The summed E-state index contributed by atoms with van der Waals surface area (Å²) in [6.07, 6.45) is -0.491. The summed E-state index contributed by atoms with van der Waals surface area (Å²) in [5.74, 6) is -1.25. The minimum Gasteiger partial charge on any atom is -0.489 e. The maximum absolute atomic E-state index is 13.1. The number of aryl methyl sites for hydroxylation is 1. The van der Waals surface area contributed by atoms with Crippen molar-refractivity contribution in [2.24, 2.45) is 0 Å². The normalized spacial score (nSPS) is 22.5. The van der Waals surface area contributed by atoms with Crippen LogP contribution in [0.1, 0.15) is 25.0 Å². The van der Waals surface area contributed by atoms with E-state index >= 15 is 0 Å². The lowest BCUT2D eigenvalue weighted by atomic mass is 9.78. The molecule has 1 aliphatic rings. The Hall–Kier alpha value is -2.80. The molecule has 0 fully saturated rings. The molecule has 130 valence electrons. The van der Waals surface area contributed by atoms with Crippen LogP contribution in [-0.4, -0.2) is 28.0 Å². The molecule has 4 rings (SSSR count). The van der Waals surface area contributed by atoms with E-state index in [1.54, 1.807) is 20.8 Å². The van der Waals surface area contributed by atoms with Gasteiger partial charge in [0, 0.05) is 10.8 Å². The molecular formula is C18H16O7. The summed E-state index contributed by atoms with van der Waals surface area (Å²) < 4.78 is 10.7. The Morgan fingerprint density at radius 2 is 1.76 bits per heavy atom. The topological polar surface area (TPSA) is 117 Å². The minimum absolute atomic E-state index is 0.115. The van der Waals surface area contributed by atoms with Gasteiger partial charge in [-0.25, -0.2) is 0 Å². The molecule has 0 saturated carbocycles. The summed E-state index contributed by atoms with van der Waals surface area (Å²) in [6, 6.07) is 1.32. The van der Waals surface area contributed by atoms with E-state index in [1.165, 1.54) is 6.07 Å². The molecule has 0 bridgehead atoms. The fourth-order valence-electron chi connectivity index (χ4n) is 3.76. The molecule has 1 aromatic heterocycles. The van der Waals surface area contributed by atoms with Gasteiger partial charge in [-0.2, -0.15) is 0 Å². The van der Waals surface area contributed by atoms with Crippen molar-refractivity contribution in [3.63, 3.8) is 0 Å². The number of ether oxygens (including phenoxy) is 1. The summed E-state index contributed by atoms with van der Waals surface area (Å²) >= 11 is 0. The molecule has 0 spiro atoms. The molecule has 7 nitrogen and oxygen atoms in total. The average Bonchev–Trinajstić information content (AvgIpc) is 2.78. The monoisotopic (exact) mass is 344 g/mol. The highest BCUT2D eigenvalue weighted by Gasteiger charge is 2.47. The number of benzene rings is 2. The van der Waals surface area contributed by atoms with Gasteiger partial charge in [0.2, 0.25) is 5.43 Å². The number of hydrogen-bond donors (Lipinski definition) is 3. The van der Waals surface area contributed by atoms with Crippen LogP contribution >= 0.6 is 0 Å². The zero-order chi connectivity index (χ0) is 18.3. The van der Waals surface area contributed by atoms with Gasteiger partial charge in [0.25, 0.3) is 11.9 Å². The molecule has 2 aromatic carbocycles. The van der Waals surface area contributed by atoms with Gasteiger partial charge in [0.05, 0.1) is 17.6 Å². The third-order valence-electron chi connectivity index (χ3n) is 5.36. The predicted octanol–water partition coefficient (Wildman–Crippen LogP) is 1.49. The van der Waals surface area contributed by atoms with Crippen LogP contribution in [0, 0.1) is 6.92 Å². The van der Waals surface area contributed by atoms with Gasteiger partial charge in [-0.15, -0.1) is 0 Å². The lowest BCUT2D eigenvalue weighted by Gasteiger charge is -2.24. The molecule has 0 amide bonds. The molecular weight excluding hydrogens is 328 g/mol. The van der Waals surface area contributed by atoms with Crippen molar-refractivity contribution in [2.75, 3.05) is 6.61 Å². The summed E-state index contributed by atoms with van der Waals surface area (Å²) in [6.45, 7) is 4.79. The van der Waals surface area contributed by atoms with Crippen LogP contribution in [0.25, 0.3) is 21.5 Å². The van der Waals surface area contributed by atoms with Crippen LogP contribution < -0.4 is 15.6 Å². The van der Waals surface area contributed by atoms with E-state index in [0.29, 0.717) is 10.9 Å². The molecule has 2 unspecified atom stereocenters. The van der Waals surface area contributed by atoms with Gasteiger partial charge in [0.15, 0.2) is 5.43 Å². The standard InChI is InChI=1S/C18H16O7/c1-6-4-8(20)10-11-9(6)15-13(18(3,5-19)7(2)24-15)14(21)12(11)17(23)25-16(10)22/h4,7,19,22-23H,5H2,1-3H3. The van der Waals surface area contributed by atoms with Crippen molar-refractivity contribution in [1.82, 2.24) is 0 Å². The van der Waals surface area contributed by atoms with Crippen LogP contribution in [0.4, 0.5) is 0 Å². The highest BCUT2D eigenvalue weighted by molar-refractivity contribution is 6.16. The molecule has 2 heterocycles. The van der Waals surface area contributed by atoms with Gasteiger partial charge in [-0.1, -0.05) is 0 Å². The Bertz CT molecular complexity index is 1160. The van der Waals surface area contributed by atoms with Gasteiger partial charge in [0.1, 0.15) is 22.6 Å². The Kier molecular flexibility index (Phi) is 2.91. The van der Waals surface area contributed by atoms with Gasteiger partial charge >= 0.3 is 0 Å². The first-order valence-corrected chi connectivity index (χ1v) is 7.82. The van der Waals surface area contributed by atoms with Crippen LogP contribution in [0.2, 0.25) is 0 Å². The van der Waals surface area contributed by atoms with Crippen molar-refractivity contribution >= 4 is 21.5 Å². The van der Waals surface area contributed by atoms with E-state index < -0.39 is 34.3 Å². The second kappa shape index (κ2) is 4.64. The lowest BCUT2D eigenvalue weighted by molar-refractivity contribution is 0.113. The smallest absolute Gasteiger partial charge is 0.296 e. The second-order valence-corrected chi connectivity index (χ2v) is 6.77. The summed E-state index contributed by atoms with van der Waals surface area (Å²) in [5.41, 5.74) is -1.30. The Balaban J connectivity index is 2.41. The van der Waals surface area contributed by atoms with E-state index in [4.69, 9.17) is 9.15 Å². The first-order valence-electron chi connectivity index (χ1n) is 7.82. The zero-order valence-electron chi connectivity index (χ0n) is 13.8. The zero-order valence-corrected chi connectivity index (χ0v) is 13.8. The SMILES string of the molecule is Cc1cc(=O)c2c(O)oc(O)c3c(=O)c4c(c1c23)OC(C)C4(C)CO. The fourth-order valence-corrected chi connectivity index (χ4v) is 3.76. The quantitative estimate of drug-likeness (QED) is 0.612. The highest BCUT2D eigenvalue weighted by atomic mass is 16.5. The van der Waals surface area contributed by atoms with Gasteiger partial charge < -0.3 is 24.5 Å². The largest absolute Gasteiger partial charge is 0.489 e. The second-order valence-electron chi connectivity index (χ2n) is 6.77. The van der Waals surface area contributed by atoms with Gasteiger partial charge in [-0.05, 0) is 32.4 Å². The minimum atomic E-state index is -0.969. The molecule has 0 radical (unpaired) electrons. The van der Waals surface area contributed by atoms with Crippen molar-refractivity contribution in [3.8, 4) is 17.6 Å². The first kappa shape index (κ1) is 15.7. The van der Waals surface area contributed by atoms with Crippen LogP contribution in [-0.2, 0) is 5.41 Å². The average molecular weight is 344 g/mol. The van der Waals surface area contributed by atoms with Crippen LogP contribution in [0.3, 0.4) is 0 Å². The molecule has 0 aliphatic carbocycles. The number of hydrogen-bond acceptors (Lipinski definition) is 7. The van der Waals surface area contributed by atoms with E-state index in [0.717, 1.165) is 0 Å². The highest BCUT2D eigenvalue weighted by Crippen LogP contribution is 2.49. The number of fused-ring (bicyclic) bond motifs is 2. The fraction of sp³-hybridized carbons (Fsp3) is 0.333. The summed E-state index contributed by atoms with van der Waals surface area (Å²) in [7, 11) is 0. The van der Waals surface area contributed by atoms with E-state index in [2.05, 4.69) is 0 Å². The number of rotatable bonds is 1. The van der Waals surface area contributed by atoms with Crippen molar-refractivity contribution in [3.05, 3.63) is 37.6 Å². The molecule has 2 atom stereocenters. The number of aliphatic hydroxyl groups excluding tert-OH is 1.